The van der Waals surface area contributed by atoms with Crippen LogP contribution in [0.1, 0.15) is 29.6 Å². The van der Waals surface area contributed by atoms with Crippen LogP contribution in [0, 0.1) is 10.1 Å². The fourth-order valence-electron chi connectivity index (χ4n) is 3.07. The van der Waals surface area contributed by atoms with Crippen LogP contribution in [0.15, 0.2) is 59.1 Å². The maximum absolute atomic E-state index is 11.7. The zero-order valence-electron chi connectivity index (χ0n) is 11.9. The highest BCUT2D eigenvalue weighted by atomic mass is 79.9. The number of halogens is 1. The second kappa shape index (κ2) is 6.58. The van der Waals surface area contributed by atoms with Crippen LogP contribution in [0.5, 0.6) is 0 Å². The molecule has 0 amide bonds. The van der Waals surface area contributed by atoms with Crippen molar-refractivity contribution in [1.82, 2.24) is 0 Å². The average Bonchev–Trinajstić information content (AvgIpc) is 2.55. The Labute approximate surface area is 137 Å². The molecule has 114 valence electrons. The fourth-order valence-corrected chi connectivity index (χ4v) is 3.33. The monoisotopic (exact) mass is 361 g/mol. The second-order valence-corrected chi connectivity index (χ2v) is 6.34. The molecule has 2 aromatic carbocycles. The highest BCUT2D eigenvalue weighted by molar-refractivity contribution is 9.10. The molecule has 1 saturated heterocycles. The van der Waals surface area contributed by atoms with Gasteiger partial charge in [0.2, 0.25) is 6.04 Å². The fraction of sp³-hybridized carbons (Fsp3) is 0.294. The Kier molecular flexibility index (Phi) is 4.55. The summed E-state index contributed by atoms with van der Waals surface area (Å²) in [6, 6.07) is 16.5. The molecule has 1 aliphatic heterocycles. The van der Waals surface area contributed by atoms with Crippen molar-refractivity contribution in [2.75, 3.05) is 6.61 Å². The molecule has 1 aliphatic rings. The van der Waals surface area contributed by atoms with Crippen LogP contribution in [0.4, 0.5) is 0 Å². The van der Waals surface area contributed by atoms with Crippen molar-refractivity contribution in [3.63, 3.8) is 0 Å². The molecule has 0 aliphatic carbocycles. The molecule has 1 heterocycles. The lowest BCUT2D eigenvalue weighted by molar-refractivity contribution is -0.546. The van der Waals surface area contributed by atoms with Crippen LogP contribution >= 0.6 is 15.9 Å². The lowest BCUT2D eigenvalue weighted by atomic mass is 9.82. The first-order valence-electron chi connectivity index (χ1n) is 7.22. The van der Waals surface area contributed by atoms with Crippen LogP contribution in [-0.2, 0) is 4.74 Å². The van der Waals surface area contributed by atoms with E-state index in [1.165, 1.54) is 0 Å². The lowest BCUT2D eigenvalue weighted by Gasteiger charge is -2.33. The van der Waals surface area contributed by atoms with E-state index in [1.54, 1.807) is 0 Å². The van der Waals surface area contributed by atoms with Gasteiger partial charge in [-0.1, -0.05) is 58.4 Å². The average molecular weight is 362 g/mol. The van der Waals surface area contributed by atoms with Crippen LogP contribution < -0.4 is 0 Å². The summed E-state index contributed by atoms with van der Waals surface area (Å²) in [5.74, 6) is -0.137. The highest BCUT2D eigenvalue weighted by Gasteiger charge is 2.44. The van der Waals surface area contributed by atoms with Crippen molar-refractivity contribution in [1.29, 1.82) is 0 Å². The van der Waals surface area contributed by atoms with Gasteiger partial charge in [0.05, 0.1) is 5.92 Å². The van der Waals surface area contributed by atoms with E-state index >= 15 is 0 Å². The van der Waals surface area contributed by atoms with E-state index in [0.29, 0.717) is 13.0 Å². The molecule has 0 aromatic heterocycles. The predicted molar refractivity (Wildman–Crippen MR) is 87.4 cm³/mol. The number of nitrogens with zero attached hydrogens (tertiary/aromatic N) is 1. The lowest BCUT2D eigenvalue weighted by Crippen LogP contribution is -2.39. The Morgan fingerprint density at radius 3 is 2.36 bits per heavy atom. The van der Waals surface area contributed by atoms with E-state index in [-0.39, 0.29) is 10.8 Å². The number of ether oxygens (including phenoxy) is 1. The van der Waals surface area contributed by atoms with E-state index in [9.17, 15) is 10.1 Å². The summed E-state index contributed by atoms with van der Waals surface area (Å²) in [4.78, 5) is 11.5. The zero-order valence-corrected chi connectivity index (χ0v) is 13.5. The Morgan fingerprint density at radius 2 is 1.73 bits per heavy atom. The van der Waals surface area contributed by atoms with Crippen LogP contribution in [0.25, 0.3) is 0 Å². The Hall–Kier alpha value is -1.72. The second-order valence-electron chi connectivity index (χ2n) is 5.42. The molecule has 2 aromatic rings. The molecule has 0 bridgehead atoms. The predicted octanol–water partition coefficient (Wildman–Crippen LogP) is 4.34. The van der Waals surface area contributed by atoms with Gasteiger partial charge in [0.15, 0.2) is 6.10 Å². The van der Waals surface area contributed by atoms with E-state index in [1.807, 2.05) is 54.6 Å². The molecule has 1 fully saturated rings. The number of hydrogen-bond donors (Lipinski definition) is 0. The minimum Gasteiger partial charge on any atom is -0.366 e. The van der Waals surface area contributed by atoms with Crippen molar-refractivity contribution in [3.8, 4) is 0 Å². The zero-order chi connectivity index (χ0) is 15.5. The van der Waals surface area contributed by atoms with Gasteiger partial charge in [0, 0.05) is 16.0 Å². The molecule has 0 unspecified atom stereocenters. The van der Waals surface area contributed by atoms with Gasteiger partial charge in [0.1, 0.15) is 0 Å². The normalized spacial score (nSPS) is 24.9. The third-order valence-electron chi connectivity index (χ3n) is 4.12. The summed E-state index contributed by atoms with van der Waals surface area (Å²) < 4.78 is 6.74. The molecule has 0 saturated carbocycles. The van der Waals surface area contributed by atoms with Gasteiger partial charge in [-0.15, -0.1) is 0 Å². The van der Waals surface area contributed by atoms with Gasteiger partial charge in [-0.25, -0.2) is 0 Å². The highest BCUT2D eigenvalue weighted by Crippen LogP contribution is 2.39. The minimum atomic E-state index is -0.766. The molecule has 0 N–H and O–H groups in total. The van der Waals surface area contributed by atoms with Crippen LogP contribution in [0.3, 0.4) is 0 Å². The van der Waals surface area contributed by atoms with E-state index in [0.717, 1.165) is 15.6 Å². The molecule has 22 heavy (non-hydrogen) atoms. The van der Waals surface area contributed by atoms with Crippen molar-refractivity contribution >= 4 is 15.9 Å². The number of hydrogen-bond acceptors (Lipinski definition) is 3. The summed E-state index contributed by atoms with van der Waals surface area (Å²) >= 11 is 3.40. The van der Waals surface area contributed by atoms with Crippen LogP contribution in [-0.4, -0.2) is 17.6 Å². The summed E-state index contributed by atoms with van der Waals surface area (Å²) in [5, 5.41) is 11.7. The molecule has 4 nitrogen and oxygen atoms in total. The summed E-state index contributed by atoms with van der Waals surface area (Å²) in [7, 11) is 0. The van der Waals surface area contributed by atoms with Gasteiger partial charge in [-0.3, -0.25) is 10.1 Å². The molecule has 3 rings (SSSR count). The standard InChI is InChI=1S/C17H16BrNO3/c18-14-8-6-12(7-9-14)15-10-11-22-17(16(15)19(20)21)13-4-2-1-3-5-13/h1-9,15-17H,10-11H2/t15-,16+,17+/m1/s1. The maximum Gasteiger partial charge on any atom is 0.249 e. The Balaban J connectivity index is 1.96. The third kappa shape index (κ3) is 3.05. The Bertz CT molecular complexity index is 645. The largest absolute Gasteiger partial charge is 0.366 e. The van der Waals surface area contributed by atoms with Gasteiger partial charge >= 0.3 is 0 Å². The van der Waals surface area contributed by atoms with Gasteiger partial charge in [-0.05, 0) is 29.7 Å². The molecule has 5 heteroatoms. The molecule has 0 radical (unpaired) electrons. The number of benzene rings is 2. The molecular formula is C17H16BrNO3. The summed E-state index contributed by atoms with van der Waals surface area (Å²) in [6.45, 7) is 0.532. The SMILES string of the molecule is O=[N+]([O-])[C@H]1[C@@H](c2ccc(Br)cc2)CCO[C@H]1c1ccccc1. The molecule has 0 spiro atoms. The van der Waals surface area contributed by atoms with E-state index in [2.05, 4.69) is 15.9 Å². The maximum atomic E-state index is 11.7. The third-order valence-corrected chi connectivity index (χ3v) is 4.65. The first-order chi connectivity index (χ1) is 10.7. The quantitative estimate of drug-likeness (QED) is 0.603. The van der Waals surface area contributed by atoms with E-state index in [4.69, 9.17) is 4.74 Å². The van der Waals surface area contributed by atoms with Gasteiger partial charge in [0.25, 0.3) is 0 Å². The van der Waals surface area contributed by atoms with E-state index < -0.39 is 12.1 Å². The van der Waals surface area contributed by atoms with Gasteiger partial charge in [-0.2, -0.15) is 0 Å². The smallest absolute Gasteiger partial charge is 0.249 e. The van der Waals surface area contributed by atoms with Crippen molar-refractivity contribution < 1.29 is 9.66 Å². The summed E-state index contributed by atoms with van der Waals surface area (Å²) in [5.41, 5.74) is 1.86. The number of nitro groups is 1. The first-order valence-corrected chi connectivity index (χ1v) is 8.01. The number of rotatable bonds is 3. The molecule has 3 atom stereocenters. The van der Waals surface area contributed by atoms with Crippen molar-refractivity contribution in [2.24, 2.45) is 0 Å². The van der Waals surface area contributed by atoms with Gasteiger partial charge < -0.3 is 4.74 Å². The van der Waals surface area contributed by atoms with Crippen molar-refractivity contribution in [3.05, 3.63) is 80.3 Å². The van der Waals surface area contributed by atoms with Crippen LogP contribution in [0.2, 0.25) is 0 Å². The molecular weight excluding hydrogens is 346 g/mol. The Morgan fingerprint density at radius 1 is 1.05 bits per heavy atom. The first kappa shape index (κ1) is 15.2. The summed E-state index contributed by atoms with van der Waals surface area (Å²) in [6.07, 6.45) is 0.162. The minimum absolute atomic E-state index is 0.137. The topological polar surface area (TPSA) is 52.4 Å². The van der Waals surface area contributed by atoms with Crippen molar-refractivity contribution in [2.45, 2.75) is 24.5 Å².